The molecule has 30 heavy (non-hydrogen) atoms. The number of hydrogen-bond acceptors (Lipinski definition) is 7. The Morgan fingerprint density at radius 2 is 1.97 bits per heavy atom. The van der Waals surface area contributed by atoms with Gasteiger partial charge in [0.05, 0.1) is 36.7 Å². The van der Waals surface area contributed by atoms with Crippen LogP contribution in [0, 0.1) is 0 Å². The van der Waals surface area contributed by atoms with Gasteiger partial charge in [-0.3, -0.25) is 9.50 Å². The fourth-order valence-corrected chi connectivity index (χ4v) is 3.99. The van der Waals surface area contributed by atoms with Crippen molar-refractivity contribution in [1.29, 1.82) is 0 Å². The first-order chi connectivity index (χ1) is 14.1. The average molecular weight is 439 g/mol. The van der Waals surface area contributed by atoms with Crippen molar-refractivity contribution in [1.82, 2.24) is 43.8 Å². The maximum absolute atomic E-state index is 12.9. The minimum Gasteiger partial charge on any atom is -0.343 e. The molecule has 0 amide bonds. The van der Waals surface area contributed by atoms with Crippen LogP contribution in [0.4, 0.5) is 13.2 Å². The standard InChI is InChI=1S/C15H12F3N9O2S/c1-30(28,29)26-3-7-4-27-11(8-2-19-6-20-8)10(22-14(27)21-9(7)5-26)12-23-13(25-24-12)15(16,17)18/h2,4,6H,3,5H2,1H3,(H,19,20)(H,23,24,25). The first-order valence-corrected chi connectivity index (χ1v) is 10.3. The van der Waals surface area contributed by atoms with Crippen LogP contribution >= 0.6 is 0 Å². The molecule has 5 heterocycles. The number of nitrogens with one attached hydrogen (secondary N) is 2. The predicted molar refractivity (Wildman–Crippen MR) is 95.0 cm³/mol. The van der Waals surface area contributed by atoms with Gasteiger partial charge in [0.1, 0.15) is 11.4 Å². The van der Waals surface area contributed by atoms with Crippen LogP contribution in [0.15, 0.2) is 18.7 Å². The van der Waals surface area contributed by atoms with Gasteiger partial charge in [-0.05, 0) is 0 Å². The van der Waals surface area contributed by atoms with E-state index >= 15 is 0 Å². The van der Waals surface area contributed by atoms with Crippen LogP contribution < -0.4 is 0 Å². The Labute approximate surface area is 166 Å². The maximum atomic E-state index is 12.9. The molecular formula is C15H12F3N9O2S. The molecule has 0 aliphatic carbocycles. The summed E-state index contributed by atoms with van der Waals surface area (Å²) in [4.78, 5) is 19.1. The number of halogens is 3. The Hall–Kier alpha value is -3.33. The second-order valence-corrected chi connectivity index (χ2v) is 8.68. The molecule has 1 aliphatic rings. The summed E-state index contributed by atoms with van der Waals surface area (Å²) in [7, 11) is -3.41. The lowest BCUT2D eigenvalue weighted by Crippen LogP contribution is -2.23. The molecule has 0 aromatic carbocycles. The van der Waals surface area contributed by atoms with E-state index in [1.165, 1.54) is 16.8 Å². The van der Waals surface area contributed by atoms with E-state index in [0.29, 0.717) is 22.6 Å². The highest BCUT2D eigenvalue weighted by Gasteiger charge is 2.37. The minimum atomic E-state index is -4.71. The molecule has 0 saturated heterocycles. The summed E-state index contributed by atoms with van der Waals surface area (Å²) in [6.07, 6.45) is 0.948. The molecule has 15 heteroatoms. The Balaban J connectivity index is 1.70. The van der Waals surface area contributed by atoms with Crippen molar-refractivity contribution in [2.75, 3.05) is 6.26 Å². The molecule has 4 aromatic rings. The molecule has 0 unspecified atom stereocenters. The number of H-pyrrole nitrogens is 2. The quantitative estimate of drug-likeness (QED) is 0.489. The molecule has 11 nitrogen and oxygen atoms in total. The molecule has 0 radical (unpaired) electrons. The molecule has 0 atom stereocenters. The average Bonchev–Trinajstić information content (AvgIpc) is 3.40. The lowest BCUT2D eigenvalue weighted by Gasteiger charge is -2.09. The summed E-state index contributed by atoms with van der Waals surface area (Å²) < 4.78 is 65.4. The lowest BCUT2D eigenvalue weighted by atomic mass is 10.2. The topological polar surface area (TPSA) is 138 Å². The molecule has 156 valence electrons. The van der Waals surface area contributed by atoms with Gasteiger partial charge in [-0.25, -0.2) is 28.4 Å². The summed E-state index contributed by atoms with van der Waals surface area (Å²) in [5.74, 6) is -1.33. The van der Waals surface area contributed by atoms with E-state index in [2.05, 4.69) is 35.1 Å². The number of fused-ring (bicyclic) bond motifs is 2. The summed E-state index contributed by atoms with van der Waals surface area (Å²) >= 11 is 0. The van der Waals surface area contributed by atoms with Gasteiger partial charge in [0, 0.05) is 18.3 Å². The van der Waals surface area contributed by atoms with Crippen LogP contribution in [0.25, 0.3) is 28.7 Å². The van der Waals surface area contributed by atoms with E-state index in [4.69, 9.17) is 0 Å². The third-order valence-corrected chi connectivity index (χ3v) is 5.84. The van der Waals surface area contributed by atoms with Gasteiger partial charge in [0.25, 0.3) is 5.82 Å². The van der Waals surface area contributed by atoms with Gasteiger partial charge < -0.3 is 4.98 Å². The van der Waals surface area contributed by atoms with Crippen LogP contribution in [-0.2, 0) is 29.3 Å². The van der Waals surface area contributed by atoms with Crippen molar-refractivity contribution < 1.29 is 21.6 Å². The van der Waals surface area contributed by atoms with E-state index in [1.54, 1.807) is 10.6 Å². The van der Waals surface area contributed by atoms with Gasteiger partial charge in [0.15, 0.2) is 5.82 Å². The first kappa shape index (κ1) is 18.7. The van der Waals surface area contributed by atoms with Crippen molar-refractivity contribution in [3.05, 3.63) is 35.8 Å². The van der Waals surface area contributed by atoms with Crippen molar-refractivity contribution in [3.8, 4) is 22.9 Å². The molecule has 5 rings (SSSR count). The van der Waals surface area contributed by atoms with Gasteiger partial charge >= 0.3 is 6.18 Å². The predicted octanol–water partition coefficient (Wildman–Crippen LogP) is 1.20. The van der Waals surface area contributed by atoms with E-state index < -0.39 is 22.0 Å². The van der Waals surface area contributed by atoms with Crippen LogP contribution in [-0.4, -0.2) is 58.5 Å². The Morgan fingerprint density at radius 1 is 1.17 bits per heavy atom. The minimum absolute atomic E-state index is 0.0901. The fourth-order valence-electron chi connectivity index (χ4n) is 3.26. The molecular weight excluding hydrogens is 427 g/mol. The third-order valence-electron chi connectivity index (χ3n) is 4.64. The number of alkyl halides is 3. The number of imidazole rings is 2. The highest BCUT2D eigenvalue weighted by molar-refractivity contribution is 7.88. The summed E-state index contributed by atoms with van der Waals surface area (Å²) in [6.45, 7) is 0.223. The van der Waals surface area contributed by atoms with Crippen LogP contribution in [0.1, 0.15) is 17.1 Å². The smallest absolute Gasteiger partial charge is 0.343 e. The summed E-state index contributed by atoms with van der Waals surface area (Å²) in [5, 5.41) is 5.50. The van der Waals surface area contributed by atoms with Gasteiger partial charge in [-0.1, -0.05) is 0 Å². The monoisotopic (exact) mass is 439 g/mol. The van der Waals surface area contributed by atoms with Crippen LogP contribution in [0.5, 0.6) is 0 Å². The number of rotatable bonds is 3. The molecule has 0 fully saturated rings. The number of aromatic amines is 2. The fraction of sp³-hybridized carbons (Fsp3) is 0.267. The second kappa shape index (κ2) is 6.09. The molecule has 2 N–H and O–H groups in total. The van der Waals surface area contributed by atoms with Crippen LogP contribution in [0.2, 0.25) is 0 Å². The van der Waals surface area contributed by atoms with Crippen molar-refractivity contribution >= 4 is 15.8 Å². The largest absolute Gasteiger partial charge is 0.453 e. The third kappa shape index (κ3) is 2.93. The highest BCUT2D eigenvalue weighted by Crippen LogP contribution is 2.33. The zero-order valence-electron chi connectivity index (χ0n) is 15.1. The normalized spacial score (nSPS) is 15.2. The van der Waals surface area contributed by atoms with Gasteiger partial charge in [0.2, 0.25) is 15.8 Å². The maximum Gasteiger partial charge on any atom is 0.453 e. The van der Waals surface area contributed by atoms with Gasteiger partial charge in [-0.2, -0.15) is 17.5 Å². The van der Waals surface area contributed by atoms with Crippen molar-refractivity contribution in [3.63, 3.8) is 0 Å². The number of nitrogens with zero attached hydrogens (tertiary/aromatic N) is 7. The SMILES string of the molecule is CS(=O)(=O)N1Cc2cn3c(-c4cnc[nH]4)c(-c4nc(C(F)(F)F)n[nH]4)nc3nc2C1. The Kier molecular flexibility index (Phi) is 3.79. The van der Waals surface area contributed by atoms with E-state index in [9.17, 15) is 21.6 Å². The van der Waals surface area contributed by atoms with Gasteiger partial charge in [-0.15, -0.1) is 5.10 Å². The number of aromatic nitrogens is 8. The van der Waals surface area contributed by atoms with E-state index in [-0.39, 0.29) is 30.4 Å². The highest BCUT2D eigenvalue weighted by atomic mass is 32.2. The number of sulfonamides is 1. The second-order valence-electron chi connectivity index (χ2n) is 6.69. The molecule has 0 bridgehead atoms. The molecule has 4 aromatic heterocycles. The number of hydrogen-bond donors (Lipinski definition) is 2. The molecule has 0 saturated carbocycles. The van der Waals surface area contributed by atoms with E-state index in [1.807, 2.05) is 0 Å². The lowest BCUT2D eigenvalue weighted by molar-refractivity contribution is -0.144. The Morgan fingerprint density at radius 3 is 2.60 bits per heavy atom. The summed E-state index contributed by atoms with van der Waals surface area (Å²) in [6, 6.07) is 0. The first-order valence-electron chi connectivity index (χ1n) is 8.46. The van der Waals surface area contributed by atoms with E-state index in [0.717, 1.165) is 6.26 Å². The van der Waals surface area contributed by atoms with Crippen molar-refractivity contribution in [2.24, 2.45) is 0 Å². The summed E-state index contributed by atoms with van der Waals surface area (Å²) in [5.41, 5.74) is 2.10. The Bertz CT molecular complexity index is 1370. The molecule has 1 aliphatic heterocycles. The molecule has 0 spiro atoms. The zero-order chi connectivity index (χ0) is 21.3. The van der Waals surface area contributed by atoms with Crippen molar-refractivity contribution in [2.45, 2.75) is 19.3 Å². The zero-order valence-corrected chi connectivity index (χ0v) is 16.0. The van der Waals surface area contributed by atoms with Crippen LogP contribution in [0.3, 0.4) is 0 Å².